The van der Waals surface area contributed by atoms with E-state index < -0.39 is 23.2 Å². The third kappa shape index (κ3) is 4.82. The number of benzene rings is 1. The van der Waals surface area contributed by atoms with Gasteiger partial charge in [-0.2, -0.15) is 0 Å². The smallest absolute Gasteiger partial charge is 0.415 e. The second-order valence-corrected chi connectivity index (χ2v) is 7.08. The Morgan fingerprint density at radius 1 is 1.31 bits per heavy atom. The predicted molar refractivity (Wildman–Crippen MR) is 98.9 cm³/mol. The summed E-state index contributed by atoms with van der Waals surface area (Å²) in [6.45, 7) is 4.30. The molecule has 1 aliphatic heterocycles. The van der Waals surface area contributed by atoms with Gasteiger partial charge in [0.15, 0.2) is 5.54 Å². The molecule has 1 atom stereocenters. The van der Waals surface area contributed by atoms with E-state index >= 15 is 0 Å². The number of amides is 1. The molecule has 0 bridgehead atoms. The quantitative estimate of drug-likeness (QED) is 0.751. The first kappa shape index (κ1) is 19.9. The van der Waals surface area contributed by atoms with Crippen molar-refractivity contribution >= 4 is 18.4 Å². The minimum atomic E-state index is -1.16. The second-order valence-electron chi connectivity index (χ2n) is 7.08. The molecule has 7 nitrogen and oxygen atoms in total. The lowest BCUT2D eigenvalue weighted by molar-refractivity contribution is -0.146. The topological polar surface area (TPSA) is 94.2 Å². The van der Waals surface area contributed by atoms with Crippen LogP contribution in [-0.2, 0) is 20.7 Å². The molecule has 0 aliphatic carbocycles. The van der Waals surface area contributed by atoms with Gasteiger partial charge in [-0.25, -0.2) is 9.59 Å². The van der Waals surface area contributed by atoms with Gasteiger partial charge in [0, 0.05) is 6.42 Å². The molecule has 7 heteroatoms. The first-order valence-electron chi connectivity index (χ1n) is 8.69. The molecule has 0 saturated heterocycles. The fourth-order valence-corrected chi connectivity index (χ4v) is 2.94. The van der Waals surface area contributed by atoms with Crippen molar-refractivity contribution in [1.29, 1.82) is 0 Å². The monoisotopic (exact) mass is 361 g/mol. The van der Waals surface area contributed by atoms with Crippen LogP contribution in [0, 0.1) is 0 Å². The normalized spacial score (nSPS) is 19.5. The third-order valence-electron chi connectivity index (χ3n) is 4.36. The number of methoxy groups -OCH3 is 1. The number of aliphatic imine (C=N–C) groups is 1. The van der Waals surface area contributed by atoms with Gasteiger partial charge < -0.3 is 15.2 Å². The Kier molecular flexibility index (Phi) is 6.37. The van der Waals surface area contributed by atoms with Gasteiger partial charge in [-0.15, -0.1) is 0 Å². The minimum absolute atomic E-state index is 0.0837. The summed E-state index contributed by atoms with van der Waals surface area (Å²) >= 11 is 0. The van der Waals surface area contributed by atoms with E-state index in [1.165, 1.54) is 18.3 Å². The number of carbonyl (C=O) groups is 2. The SMILES string of the molecule is COC(=O)C1(Cc2ccccc2)CN(C(=O)OC(C)(C)CCCN)C=N1. The summed E-state index contributed by atoms with van der Waals surface area (Å²) in [7, 11) is 1.32. The molecule has 0 spiro atoms. The average Bonchev–Trinajstić information content (AvgIpc) is 3.05. The van der Waals surface area contributed by atoms with Gasteiger partial charge in [-0.05, 0) is 38.8 Å². The highest BCUT2D eigenvalue weighted by Gasteiger charge is 2.46. The molecule has 1 aliphatic rings. The molecule has 2 rings (SSSR count). The molecule has 0 fully saturated rings. The number of esters is 1. The second kappa shape index (κ2) is 8.31. The van der Waals surface area contributed by atoms with Crippen molar-refractivity contribution in [3.05, 3.63) is 35.9 Å². The minimum Gasteiger partial charge on any atom is -0.467 e. The van der Waals surface area contributed by atoms with Crippen molar-refractivity contribution in [1.82, 2.24) is 4.90 Å². The van der Waals surface area contributed by atoms with Crippen LogP contribution >= 0.6 is 0 Å². The Bertz CT molecular complexity index is 660. The summed E-state index contributed by atoms with van der Waals surface area (Å²) in [5.74, 6) is -0.477. The predicted octanol–water partition coefficient (Wildman–Crippen LogP) is 2.14. The standard InChI is InChI=1S/C19H27N3O4/c1-18(2,10-7-11-20)26-17(24)22-13-19(21-14-22,16(23)25-3)12-15-8-5-4-6-9-15/h4-6,8-9,14H,7,10-13,20H2,1-3H3. The van der Waals surface area contributed by atoms with Crippen LogP contribution in [0.15, 0.2) is 35.3 Å². The van der Waals surface area contributed by atoms with Crippen molar-refractivity contribution in [2.24, 2.45) is 10.7 Å². The van der Waals surface area contributed by atoms with E-state index in [0.717, 1.165) is 12.0 Å². The van der Waals surface area contributed by atoms with E-state index in [0.29, 0.717) is 19.4 Å². The highest BCUT2D eigenvalue weighted by Crippen LogP contribution is 2.27. The molecule has 0 saturated carbocycles. The maximum atomic E-state index is 12.5. The molecule has 2 N–H and O–H groups in total. The number of hydrogen-bond acceptors (Lipinski definition) is 6. The maximum Gasteiger partial charge on any atom is 0.415 e. The van der Waals surface area contributed by atoms with Gasteiger partial charge >= 0.3 is 12.1 Å². The zero-order chi connectivity index (χ0) is 19.2. The zero-order valence-electron chi connectivity index (χ0n) is 15.6. The van der Waals surface area contributed by atoms with Gasteiger partial charge in [0.1, 0.15) is 5.60 Å². The lowest BCUT2D eigenvalue weighted by atomic mass is 9.91. The molecule has 142 valence electrons. The molecule has 1 unspecified atom stereocenters. The van der Waals surface area contributed by atoms with Crippen molar-refractivity contribution < 1.29 is 19.1 Å². The number of nitrogens with zero attached hydrogens (tertiary/aromatic N) is 2. The fourth-order valence-electron chi connectivity index (χ4n) is 2.94. The summed E-state index contributed by atoms with van der Waals surface area (Å²) in [6.07, 6.45) is 2.59. The van der Waals surface area contributed by atoms with E-state index in [1.807, 2.05) is 44.2 Å². The third-order valence-corrected chi connectivity index (χ3v) is 4.36. The van der Waals surface area contributed by atoms with E-state index in [9.17, 15) is 9.59 Å². The van der Waals surface area contributed by atoms with Crippen molar-refractivity contribution in [2.75, 3.05) is 20.2 Å². The van der Waals surface area contributed by atoms with Crippen LogP contribution in [-0.4, -0.2) is 54.6 Å². The number of carbonyl (C=O) groups excluding carboxylic acids is 2. The molecule has 0 aromatic heterocycles. The molecule has 1 aromatic rings. The van der Waals surface area contributed by atoms with Gasteiger partial charge in [-0.3, -0.25) is 9.89 Å². The molecular formula is C19H27N3O4. The largest absolute Gasteiger partial charge is 0.467 e. The van der Waals surface area contributed by atoms with E-state index in [1.54, 1.807) is 0 Å². The Labute approximate surface area is 154 Å². The fraction of sp³-hybridized carbons (Fsp3) is 0.526. The van der Waals surface area contributed by atoms with E-state index in [2.05, 4.69) is 4.99 Å². The molecule has 1 amide bonds. The van der Waals surface area contributed by atoms with Crippen molar-refractivity contribution in [2.45, 2.75) is 44.2 Å². The highest BCUT2D eigenvalue weighted by molar-refractivity contribution is 5.91. The molecule has 26 heavy (non-hydrogen) atoms. The van der Waals surface area contributed by atoms with Crippen LogP contribution in [0.5, 0.6) is 0 Å². The first-order valence-corrected chi connectivity index (χ1v) is 8.69. The van der Waals surface area contributed by atoms with Crippen molar-refractivity contribution in [3.63, 3.8) is 0 Å². The maximum absolute atomic E-state index is 12.5. The lowest BCUT2D eigenvalue weighted by Crippen LogP contribution is -2.47. The summed E-state index contributed by atoms with van der Waals surface area (Å²) in [5, 5.41) is 0. The number of rotatable bonds is 7. The molecule has 1 heterocycles. The summed E-state index contributed by atoms with van der Waals surface area (Å²) < 4.78 is 10.5. The molecule has 1 aromatic carbocycles. The molecular weight excluding hydrogens is 334 g/mol. The van der Waals surface area contributed by atoms with Crippen LogP contribution in [0.4, 0.5) is 4.79 Å². The van der Waals surface area contributed by atoms with Crippen LogP contribution in [0.1, 0.15) is 32.3 Å². The number of ether oxygens (including phenoxy) is 2. The van der Waals surface area contributed by atoms with Crippen LogP contribution < -0.4 is 5.73 Å². The Morgan fingerprint density at radius 2 is 2.00 bits per heavy atom. The van der Waals surface area contributed by atoms with E-state index in [4.69, 9.17) is 15.2 Å². The van der Waals surface area contributed by atoms with Gasteiger partial charge in [-0.1, -0.05) is 30.3 Å². The zero-order valence-corrected chi connectivity index (χ0v) is 15.6. The van der Waals surface area contributed by atoms with Crippen LogP contribution in [0.25, 0.3) is 0 Å². The lowest BCUT2D eigenvalue weighted by Gasteiger charge is -2.29. The van der Waals surface area contributed by atoms with Gasteiger partial charge in [0.25, 0.3) is 0 Å². The number of nitrogens with two attached hydrogens (primary N) is 1. The first-order chi connectivity index (χ1) is 12.3. The van der Waals surface area contributed by atoms with Gasteiger partial charge in [0.2, 0.25) is 0 Å². The molecule has 0 radical (unpaired) electrons. The van der Waals surface area contributed by atoms with Crippen LogP contribution in [0.3, 0.4) is 0 Å². The Balaban J connectivity index is 2.10. The Hall–Kier alpha value is -2.41. The van der Waals surface area contributed by atoms with Gasteiger partial charge in [0.05, 0.1) is 20.0 Å². The summed E-state index contributed by atoms with van der Waals surface area (Å²) in [5.41, 5.74) is 4.67. The summed E-state index contributed by atoms with van der Waals surface area (Å²) in [4.78, 5) is 30.6. The average molecular weight is 361 g/mol. The number of hydrogen-bond donors (Lipinski definition) is 1. The Morgan fingerprint density at radius 3 is 2.62 bits per heavy atom. The summed E-state index contributed by atoms with van der Waals surface area (Å²) in [6, 6.07) is 9.52. The van der Waals surface area contributed by atoms with Crippen molar-refractivity contribution in [3.8, 4) is 0 Å². The highest BCUT2D eigenvalue weighted by atomic mass is 16.6. The van der Waals surface area contributed by atoms with E-state index in [-0.39, 0.29) is 6.54 Å². The van der Waals surface area contributed by atoms with Crippen LogP contribution in [0.2, 0.25) is 0 Å².